The highest BCUT2D eigenvalue weighted by atomic mass is 19.1. The molecule has 6 nitrogen and oxygen atoms in total. The molecule has 0 amide bonds. The molecule has 4 rings (SSSR count). The van der Waals surface area contributed by atoms with Gasteiger partial charge >= 0.3 is 5.97 Å². The third-order valence-electron chi connectivity index (χ3n) is 4.79. The van der Waals surface area contributed by atoms with E-state index in [0.717, 1.165) is 5.56 Å². The molecule has 0 aliphatic rings. The van der Waals surface area contributed by atoms with Gasteiger partial charge in [0.1, 0.15) is 28.6 Å². The summed E-state index contributed by atoms with van der Waals surface area (Å²) in [7, 11) is 0. The molecule has 0 saturated heterocycles. The molecule has 2 aromatic heterocycles. The number of aromatic nitrogens is 2. The zero-order chi connectivity index (χ0) is 22.0. The number of esters is 1. The second kappa shape index (κ2) is 8.65. The van der Waals surface area contributed by atoms with Crippen molar-refractivity contribution in [3.63, 3.8) is 0 Å². The Morgan fingerprint density at radius 3 is 2.68 bits per heavy atom. The number of nitrogens with zero attached hydrogens (tertiary/aromatic N) is 2. The monoisotopic (exact) mass is 419 g/mol. The molecule has 0 aliphatic carbocycles. The van der Waals surface area contributed by atoms with Gasteiger partial charge in [0.05, 0.1) is 11.2 Å². The van der Waals surface area contributed by atoms with Gasteiger partial charge in [-0.05, 0) is 25.1 Å². The number of benzene rings is 2. The number of halogens is 1. The molecule has 7 heteroatoms. The fraction of sp³-hybridized carbons (Fsp3) is 0.208. The van der Waals surface area contributed by atoms with Crippen molar-refractivity contribution in [2.75, 3.05) is 0 Å². The molecule has 0 aliphatic heterocycles. The van der Waals surface area contributed by atoms with Crippen molar-refractivity contribution in [2.45, 2.75) is 33.4 Å². The predicted octanol–water partition coefficient (Wildman–Crippen LogP) is 5.05. The molecule has 0 spiro atoms. The van der Waals surface area contributed by atoms with E-state index in [9.17, 15) is 9.18 Å². The summed E-state index contributed by atoms with van der Waals surface area (Å²) in [4.78, 5) is 17.7. The largest absolute Gasteiger partial charge is 0.422 e. The van der Waals surface area contributed by atoms with Crippen LogP contribution in [0.25, 0.3) is 22.2 Å². The van der Waals surface area contributed by atoms with E-state index < -0.39 is 11.8 Å². The van der Waals surface area contributed by atoms with Crippen molar-refractivity contribution in [3.05, 3.63) is 77.4 Å². The highest BCUT2D eigenvalue weighted by molar-refractivity contribution is 6.00. The van der Waals surface area contributed by atoms with Crippen LogP contribution in [0.4, 0.5) is 4.39 Å². The molecule has 158 valence electrons. The summed E-state index contributed by atoms with van der Waals surface area (Å²) in [6, 6.07) is 15.4. The first-order valence-corrected chi connectivity index (χ1v) is 9.99. The Hall–Kier alpha value is -3.58. The Kier molecular flexibility index (Phi) is 5.77. The fourth-order valence-electron chi connectivity index (χ4n) is 3.26. The molecular formula is C24H22FN3O3. The number of pyridine rings is 1. The second-order valence-electron chi connectivity index (χ2n) is 7.53. The highest BCUT2D eigenvalue weighted by Crippen LogP contribution is 2.30. The maximum absolute atomic E-state index is 13.9. The zero-order valence-electron chi connectivity index (χ0n) is 17.5. The number of carbonyl (C=O) groups is 1. The van der Waals surface area contributed by atoms with E-state index in [2.05, 4.69) is 15.5 Å². The first-order chi connectivity index (χ1) is 14.9. The number of hydrogen-bond acceptors (Lipinski definition) is 6. The molecule has 0 saturated carbocycles. The van der Waals surface area contributed by atoms with Crippen molar-refractivity contribution in [2.24, 2.45) is 0 Å². The molecule has 0 unspecified atom stereocenters. The molecule has 31 heavy (non-hydrogen) atoms. The van der Waals surface area contributed by atoms with Gasteiger partial charge < -0.3 is 14.6 Å². The topological polar surface area (TPSA) is 77.2 Å². The number of fused-ring (bicyclic) bond motifs is 1. The number of carbonyl (C=O) groups excluding carboxylic acids is 1. The fourth-order valence-corrected chi connectivity index (χ4v) is 3.26. The SMILES string of the molecule is Cc1onc(-c2ccccc2)c1C(=O)Oc1cc(CNC(C)C)nc2ccc(F)cc12. The van der Waals surface area contributed by atoms with E-state index in [1.807, 2.05) is 44.2 Å². The van der Waals surface area contributed by atoms with Crippen LogP contribution in [0.2, 0.25) is 0 Å². The summed E-state index contributed by atoms with van der Waals surface area (Å²) in [5.74, 6) is -0.493. The van der Waals surface area contributed by atoms with Crippen molar-refractivity contribution in [3.8, 4) is 17.0 Å². The first-order valence-electron chi connectivity index (χ1n) is 9.99. The first kappa shape index (κ1) is 20.7. The lowest BCUT2D eigenvalue weighted by Crippen LogP contribution is -2.22. The minimum atomic E-state index is -0.628. The lowest BCUT2D eigenvalue weighted by Gasteiger charge is -2.12. The van der Waals surface area contributed by atoms with Gasteiger partial charge in [0.25, 0.3) is 0 Å². The Labute approximate surface area is 179 Å². The highest BCUT2D eigenvalue weighted by Gasteiger charge is 2.24. The van der Waals surface area contributed by atoms with Crippen LogP contribution in [0.15, 0.2) is 59.1 Å². The number of nitrogens with one attached hydrogen (secondary N) is 1. The van der Waals surface area contributed by atoms with E-state index in [-0.39, 0.29) is 17.4 Å². The van der Waals surface area contributed by atoms with E-state index >= 15 is 0 Å². The quantitative estimate of drug-likeness (QED) is 0.441. The van der Waals surface area contributed by atoms with Crippen molar-refractivity contribution < 1.29 is 18.4 Å². The van der Waals surface area contributed by atoms with Gasteiger partial charge in [-0.2, -0.15) is 0 Å². The van der Waals surface area contributed by atoms with Crippen molar-refractivity contribution in [1.29, 1.82) is 0 Å². The van der Waals surface area contributed by atoms with Crippen LogP contribution in [0.1, 0.15) is 35.7 Å². The maximum atomic E-state index is 13.9. The summed E-state index contributed by atoms with van der Waals surface area (Å²) in [6.45, 7) is 6.18. The molecule has 4 aromatic rings. The molecule has 1 N–H and O–H groups in total. The maximum Gasteiger partial charge on any atom is 0.349 e. The van der Waals surface area contributed by atoms with Crippen LogP contribution < -0.4 is 10.1 Å². The summed E-state index contributed by atoms with van der Waals surface area (Å²) < 4.78 is 24.9. The van der Waals surface area contributed by atoms with Gasteiger partial charge in [0, 0.05) is 29.6 Å². The Morgan fingerprint density at radius 2 is 1.94 bits per heavy atom. The number of rotatable bonds is 6. The molecule has 0 radical (unpaired) electrons. The Balaban J connectivity index is 1.74. The van der Waals surface area contributed by atoms with Crippen molar-refractivity contribution in [1.82, 2.24) is 15.5 Å². The molecule has 2 heterocycles. The van der Waals surface area contributed by atoms with Gasteiger partial charge in [-0.3, -0.25) is 4.98 Å². The second-order valence-corrected chi connectivity index (χ2v) is 7.53. The standard InChI is InChI=1S/C24H22FN3O3/c1-14(2)26-13-18-12-21(19-11-17(25)9-10-20(19)27-18)30-24(29)22-15(3)31-28-23(22)16-7-5-4-6-8-16/h4-12,14,26H,13H2,1-3H3. The van der Waals surface area contributed by atoms with Crippen LogP contribution in [0.5, 0.6) is 5.75 Å². The summed E-state index contributed by atoms with van der Waals surface area (Å²) in [5, 5.41) is 7.73. The summed E-state index contributed by atoms with van der Waals surface area (Å²) in [5.41, 5.74) is 2.58. The van der Waals surface area contributed by atoms with Gasteiger partial charge in [0.2, 0.25) is 0 Å². The normalized spacial score (nSPS) is 11.3. The molecule has 2 aromatic carbocycles. The third-order valence-corrected chi connectivity index (χ3v) is 4.79. The number of ether oxygens (including phenoxy) is 1. The molecule has 0 bridgehead atoms. The lowest BCUT2D eigenvalue weighted by atomic mass is 10.1. The number of aryl methyl sites for hydroxylation is 1. The minimum Gasteiger partial charge on any atom is -0.422 e. The van der Waals surface area contributed by atoms with Crippen molar-refractivity contribution >= 4 is 16.9 Å². The summed E-state index contributed by atoms with van der Waals surface area (Å²) in [6.07, 6.45) is 0. The van der Waals surface area contributed by atoms with Crippen LogP contribution in [0, 0.1) is 12.7 Å². The van der Waals surface area contributed by atoms with Gasteiger partial charge in [0.15, 0.2) is 0 Å². The van der Waals surface area contributed by atoms with E-state index in [4.69, 9.17) is 9.26 Å². The van der Waals surface area contributed by atoms with E-state index in [0.29, 0.717) is 34.6 Å². The van der Waals surface area contributed by atoms with E-state index in [1.54, 1.807) is 19.1 Å². The molecule has 0 fully saturated rings. The van der Waals surface area contributed by atoms with Crippen LogP contribution >= 0.6 is 0 Å². The number of hydrogen-bond donors (Lipinski definition) is 1. The lowest BCUT2D eigenvalue weighted by molar-refractivity contribution is 0.0735. The predicted molar refractivity (Wildman–Crippen MR) is 115 cm³/mol. The van der Waals surface area contributed by atoms with Crippen LogP contribution in [-0.2, 0) is 6.54 Å². The minimum absolute atomic E-state index is 0.231. The Morgan fingerprint density at radius 1 is 1.16 bits per heavy atom. The van der Waals surface area contributed by atoms with E-state index in [1.165, 1.54) is 12.1 Å². The summed E-state index contributed by atoms with van der Waals surface area (Å²) >= 11 is 0. The average Bonchev–Trinajstić information content (AvgIpc) is 3.14. The zero-order valence-corrected chi connectivity index (χ0v) is 17.5. The van der Waals surface area contributed by atoms with Gasteiger partial charge in [-0.15, -0.1) is 0 Å². The third kappa shape index (κ3) is 4.46. The van der Waals surface area contributed by atoms with Crippen LogP contribution in [-0.4, -0.2) is 22.2 Å². The molecular weight excluding hydrogens is 397 g/mol. The molecule has 0 atom stereocenters. The Bertz CT molecular complexity index is 1240. The smallest absolute Gasteiger partial charge is 0.349 e. The van der Waals surface area contributed by atoms with Gasteiger partial charge in [-0.25, -0.2) is 9.18 Å². The van der Waals surface area contributed by atoms with Crippen LogP contribution in [0.3, 0.4) is 0 Å². The average molecular weight is 419 g/mol. The van der Waals surface area contributed by atoms with Gasteiger partial charge in [-0.1, -0.05) is 49.3 Å².